The quantitative estimate of drug-likeness (QED) is 0.599. The summed E-state index contributed by atoms with van der Waals surface area (Å²) in [5, 5.41) is 6.06. The summed E-state index contributed by atoms with van der Waals surface area (Å²) in [4.78, 5) is 11.9. The maximum absolute atomic E-state index is 11.9. The molecule has 1 aliphatic rings. The number of amides is 1. The van der Waals surface area contributed by atoms with Crippen LogP contribution in [0, 0.1) is 0 Å². The molecule has 1 amide bonds. The van der Waals surface area contributed by atoms with Crippen LogP contribution in [0.5, 0.6) is 5.75 Å². The van der Waals surface area contributed by atoms with Crippen molar-refractivity contribution >= 4 is 11.6 Å². The minimum Gasteiger partial charge on any atom is -0.495 e. The predicted molar refractivity (Wildman–Crippen MR) is 85.7 cm³/mol. The molecule has 2 rings (SSSR count). The average Bonchev–Trinajstić information content (AvgIpc) is 2.53. The number of ether oxygens (including phenoxy) is 1. The minimum absolute atomic E-state index is 0.0443. The van der Waals surface area contributed by atoms with Crippen molar-refractivity contribution < 1.29 is 9.53 Å². The van der Waals surface area contributed by atoms with Crippen molar-refractivity contribution in [2.45, 2.75) is 32.1 Å². The van der Waals surface area contributed by atoms with E-state index in [1.165, 1.54) is 31.3 Å². The molecule has 0 radical (unpaired) electrons. The Balaban J connectivity index is 1.68. The first-order valence-corrected chi connectivity index (χ1v) is 7.61. The lowest BCUT2D eigenvalue weighted by molar-refractivity contribution is -0.115. The number of anilines is 1. The van der Waals surface area contributed by atoms with Crippen LogP contribution in [-0.2, 0) is 4.79 Å². The number of methoxy groups -OCH3 is 1. The fraction of sp³-hybridized carbons (Fsp3) is 0.471. The fourth-order valence-electron chi connectivity index (χ4n) is 2.52. The number of carbonyl (C=O) groups excluding carboxylic acids is 1. The van der Waals surface area contributed by atoms with Gasteiger partial charge in [-0.2, -0.15) is 0 Å². The third-order valence-corrected chi connectivity index (χ3v) is 3.67. The number of allylic oxidation sites excluding steroid dienone is 1. The molecule has 1 aromatic rings. The summed E-state index contributed by atoms with van der Waals surface area (Å²) < 4.78 is 5.21. The van der Waals surface area contributed by atoms with Crippen molar-refractivity contribution in [3.8, 4) is 5.75 Å². The number of nitrogens with one attached hydrogen (secondary N) is 2. The molecule has 0 heterocycles. The highest BCUT2D eigenvalue weighted by atomic mass is 16.5. The summed E-state index contributed by atoms with van der Waals surface area (Å²) in [7, 11) is 1.60. The Labute approximate surface area is 126 Å². The Morgan fingerprint density at radius 2 is 2.14 bits per heavy atom. The average molecular weight is 288 g/mol. The molecule has 2 N–H and O–H groups in total. The van der Waals surface area contributed by atoms with Crippen LogP contribution >= 0.6 is 0 Å². The number of para-hydroxylation sites is 2. The van der Waals surface area contributed by atoms with Gasteiger partial charge in [0.1, 0.15) is 5.75 Å². The zero-order valence-electron chi connectivity index (χ0n) is 12.7. The van der Waals surface area contributed by atoms with E-state index in [1.54, 1.807) is 7.11 Å². The van der Waals surface area contributed by atoms with Gasteiger partial charge in [0.05, 0.1) is 19.3 Å². The van der Waals surface area contributed by atoms with Crippen molar-refractivity contribution in [2.75, 3.05) is 25.5 Å². The maximum atomic E-state index is 11.9. The number of hydrogen-bond donors (Lipinski definition) is 2. The highest BCUT2D eigenvalue weighted by Crippen LogP contribution is 2.22. The zero-order chi connectivity index (χ0) is 14.9. The van der Waals surface area contributed by atoms with Gasteiger partial charge in [0.25, 0.3) is 0 Å². The van der Waals surface area contributed by atoms with Crippen LogP contribution in [-0.4, -0.2) is 26.1 Å². The lowest BCUT2D eigenvalue weighted by Gasteiger charge is -2.13. The Hall–Kier alpha value is -1.81. The third kappa shape index (κ3) is 5.23. The molecule has 114 valence electrons. The van der Waals surface area contributed by atoms with Crippen LogP contribution in [0.15, 0.2) is 35.9 Å². The topological polar surface area (TPSA) is 50.4 Å². The van der Waals surface area contributed by atoms with Crippen LogP contribution in [0.4, 0.5) is 5.69 Å². The van der Waals surface area contributed by atoms with Crippen molar-refractivity contribution in [2.24, 2.45) is 0 Å². The summed E-state index contributed by atoms with van der Waals surface area (Å²) in [5.74, 6) is 0.635. The van der Waals surface area contributed by atoms with Gasteiger partial charge in [0, 0.05) is 0 Å². The third-order valence-electron chi connectivity index (χ3n) is 3.67. The molecule has 0 aromatic heterocycles. The molecule has 4 heteroatoms. The normalized spacial score (nSPS) is 14.4. The second kappa shape index (κ2) is 8.47. The summed E-state index contributed by atoms with van der Waals surface area (Å²) in [5.41, 5.74) is 2.24. The molecule has 4 nitrogen and oxygen atoms in total. The lowest BCUT2D eigenvalue weighted by atomic mass is 9.97. The number of rotatable bonds is 7. The van der Waals surface area contributed by atoms with Crippen LogP contribution < -0.4 is 15.4 Å². The lowest BCUT2D eigenvalue weighted by Crippen LogP contribution is -2.29. The van der Waals surface area contributed by atoms with Gasteiger partial charge in [0.2, 0.25) is 5.91 Å². The first-order chi connectivity index (χ1) is 10.3. The summed E-state index contributed by atoms with van der Waals surface area (Å²) in [6, 6.07) is 7.42. The highest BCUT2D eigenvalue weighted by molar-refractivity contribution is 5.93. The minimum atomic E-state index is -0.0443. The number of hydrogen-bond acceptors (Lipinski definition) is 3. The second-order valence-corrected chi connectivity index (χ2v) is 5.28. The molecule has 21 heavy (non-hydrogen) atoms. The zero-order valence-corrected chi connectivity index (χ0v) is 12.7. The first kappa shape index (κ1) is 15.6. The summed E-state index contributed by atoms with van der Waals surface area (Å²) in [6.45, 7) is 1.18. The Kier molecular flexibility index (Phi) is 6.28. The monoisotopic (exact) mass is 288 g/mol. The Bertz CT molecular complexity index is 497. The van der Waals surface area contributed by atoms with Gasteiger partial charge in [-0.1, -0.05) is 23.8 Å². The van der Waals surface area contributed by atoms with E-state index >= 15 is 0 Å². The second-order valence-electron chi connectivity index (χ2n) is 5.28. The maximum Gasteiger partial charge on any atom is 0.238 e. The summed E-state index contributed by atoms with van der Waals surface area (Å²) >= 11 is 0. The largest absolute Gasteiger partial charge is 0.495 e. The van der Waals surface area contributed by atoms with Crippen molar-refractivity contribution in [3.63, 3.8) is 0 Å². The molecule has 1 aliphatic carbocycles. The molecule has 0 saturated carbocycles. The van der Waals surface area contributed by atoms with Crippen molar-refractivity contribution in [1.29, 1.82) is 0 Å². The van der Waals surface area contributed by atoms with E-state index in [0.717, 1.165) is 13.0 Å². The van der Waals surface area contributed by atoms with Gasteiger partial charge in [-0.05, 0) is 50.8 Å². The van der Waals surface area contributed by atoms with E-state index < -0.39 is 0 Å². The van der Waals surface area contributed by atoms with E-state index in [0.29, 0.717) is 18.0 Å². The predicted octanol–water partition coefficient (Wildman–Crippen LogP) is 3.11. The van der Waals surface area contributed by atoms with E-state index in [9.17, 15) is 4.79 Å². The van der Waals surface area contributed by atoms with E-state index in [-0.39, 0.29) is 5.91 Å². The van der Waals surface area contributed by atoms with Gasteiger partial charge < -0.3 is 15.4 Å². The molecule has 0 unspecified atom stereocenters. The molecule has 0 spiro atoms. The van der Waals surface area contributed by atoms with Crippen molar-refractivity contribution in [1.82, 2.24) is 5.32 Å². The molecule has 0 atom stereocenters. The Morgan fingerprint density at radius 1 is 1.29 bits per heavy atom. The van der Waals surface area contributed by atoms with E-state index in [1.807, 2.05) is 24.3 Å². The Morgan fingerprint density at radius 3 is 2.90 bits per heavy atom. The first-order valence-electron chi connectivity index (χ1n) is 7.61. The van der Waals surface area contributed by atoms with Crippen LogP contribution in [0.2, 0.25) is 0 Å². The van der Waals surface area contributed by atoms with Gasteiger partial charge in [-0.15, -0.1) is 0 Å². The van der Waals surface area contributed by atoms with E-state index in [4.69, 9.17) is 4.74 Å². The molecule has 0 bridgehead atoms. The van der Waals surface area contributed by atoms with Gasteiger partial charge in [-0.25, -0.2) is 0 Å². The van der Waals surface area contributed by atoms with Gasteiger partial charge in [-0.3, -0.25) is 4.79 Å². The van der Waals surface area contributed by atoms with E-state index in [2.05, 4.69) is 16.7 Å². The summed E-state index contributed by atoms with van der Waals surface area (Å²) in [6.07, 6.45) is 8.44. The standard InChI is InChI=1S/C17H24N2O2/c1-21-16-10-6-5-9-15(16)19-17(20)13-18-12-11-14-7-3-2-4-8-14/h5-7,9-10,18H,2-4,8,11-13H2,1H3,(H,19,20). The molecule has 0 fully saturated rings. The SMILES string of the molecule is COc1ccccc1NC(=O)CNCCC1=CCCCC1. The van der Waals surface area contributed by atoms with Gasteiger partial charge >= 0.3 is 0 Å². The van der Waals surface area contributed by atoms with Crippen molar-refractivity contribution in [3.05, 3.63) is 35.9 Å². The van der Waals surface area contributed by atoms with Crippen LogP contribution in [0.1, 0.15) is 32.1 Å². The molecule has 0 saturated heterocycles. The number of carbonyl (C=O) groups is 1. The molecular weight excluding hydrogens is 264 g/mol. The molecule has 0 aliphatic heterocycles. The molecule has 1 aromatic carbocycles. The van der Waals surface area contributed by atoms with Crippen LogP contribution in [0.25, 0.3) is 0 Å². The highest BCUT2D eigenvalue weighted by Gasteiger charge is 2.07. The fourth-order valence-corrected chi connectivity index (χ4v) is 2.52. The molecular formula is C17H24N2O2. The smallest absolute Gasteiger partial charge is 0.238 e. The van der Waals surface area contributed by atoms with Gasteiger partial charge in [0.15, 0.2) is 0 Å². The number of benzene rings is 1. The van der Waals surface area contributed by atoms with Crippen LogP contribution in [0.3, 0.4) is 0 Å².